The fourth-order valence-electron chi connectivity index (χ4n) is 2.70. The van der Waals surface area contributed by atoms with Crippen molar-refractivity contribution in [2.45, 2.75) is 71.9 Å². The average Bonchev–Trinajstić information content (AvgIpc) is 2.97. The first-order chi connectivity index (χ1) is 11.9. The molecule has 2 heterocycles. The van der Waals surface area contributed by atoms with Crippen molar-refractivity contribution < 1.29 is 38.4 Å². The molecule has 0 aromatic rings. The van der Waals surface area contributed by atoms with E-state index in [1.807, 2.05) is 0 Å². The lowest BCUT2D eigenvalue weighted by molar-refractivity contribution is -0.211. The van der Waals surface area contributed by atoms with E-state index in [4.69, 9.17) is 23.7 Å². The molecule has 2 fully saturated rings. The highest BCUT2D eigenvalue weighted by Gasteiger charge is 2.53. The van der Waals surface area contributed by atoms with Crippen LogP contribution < -0.4 is 0 Å². The third kappa shape index (κ3) is 4.82. The molecular formula is C18H28O8. The van der Waals surface area contributed by atoms with Crippen LogP contribution in [0.5, 0.6) is 0 Å². The summed E-state index contributed by atoms with van der Waals surface area (Å²) in [4.78, 5) is 23.8. The fourth-order valence-corrected chi connectivity index (χ4v) is 2.70. The van der Waals surface area contributed by atoms with Gasteiger partial charge in [0, 0.05) is 11.6 Å². The van der Waals surface area contributed by atoms with Gasteiger partial charge in [0.2, 0.25) is 0 Å². The van der Waals surface area contributed by atoms with Crippen LogP contribution in [0.2, 0.25) is 0 Å². The van der Waals surface area contributed by atoms with Crippen molar-refractivity contribution in [3.8, 4) is 0 Å². The summed E-state index contributed by atoms with van der Waals surface area (Å²) in [6.45, 7) is 10.2. The second-order valence-electron chi connectivity index (χ2n) is 7.79. The van der Waals surface area contributed by atoms with Crippen LogP contribution in [-0.2, 0) is 33.3 Å². The zero-order chi connectivity index (χ0) is 19.7. The number of hydrogen-bond acceptors (Lipinski definition) is 8. The zero-order valence-corrected chi connectivity index (χ0v) is 16.1. The number of hydrogen-bond donors (Lipinski definition) is 1. The van der Waals surface area contributed by atoms with E-state index in [1.54, 1.807) is 41.5 Å². The molecule has 26 heavy (non-hydrogen) atoms. The van der Waals surface area contributed by atoms with Gasteiger partial charge >= 0.3 is 11.9 Å². The molecule has 2 aliphatic heterocycles. The number of carbonyl (C=O) groups is 2. The lowest BCUT2D eigenvalue weighted by Crippen LogP contribution is -2.37. The van der Waals surface area contributed by atoms with Gasteiger partial charge in [-0.2, -0.15) is 0 Å². The Labute approximate surface area is 153 Å². The third-order valence-electron chi connectivity index (χ3n) is 3.91. The maximum Gasteiger partial charge on any atom is 0.330 e. The zero-order valence-electron chi connectivity index (χ0n) is 16.1. The topological polar surface area (TPSA) is 101 Å². The van der Waals surface area contributed by atoms with Crippen LogP contribution >= 0.6 is 0 Å². The van der Waals surface area contributed by atoms with E-state index >= 15 is 0 Å². The molecule has 0 saturated carbocycles. The molecule has 8 nitrogen and oxygen atoms in total. The highest BCUT2D eigenvalue weighted by molar-refractivity contribution is 5.83. The van der Waals surface area contributed by atoms with Gasteiger partial charge in [-0.3, -0.25) is 4.79 Å². The molecule has 0 radical (unpaired) electrons. The summed E-state index contributed by atoms with van der Waals surface area (Å²) in [5.74, 6) is -1.89. The second kappa shape index (κ2) is 7.64. The van der Waals surface area contributed by atoms with Crippen LogP contribution in [0.4, 0.5) is 0 Å². The number of esters is 2. The summed E-state index contributed by atoms with van der Waals surface area (Å²) < 4.78 is 27.3. The van der Waals surface area contributed by atoms with E-state index in [0.717, 1.165) is 0 Å². The molecule has 0 spiro atoms. The summed E-state index contributed by atoms with van der Waals surface area (Å²) >= 11 is 0. The summed E-state index contributed by atoms with van der Waals surface area (Å²) in [7, 11) is 0. The van der Waals surface area contributed by atoms with Crippen LogP contribution in [0, 0.1) is 5.41 Å². The molecule has 8 heteroatoms. The minimum atomic E-state index is -1.18. The highest BCUT2D eigenvalue weighted by atomic mass is 16.8. The Morgan fingerprint density at radius 3 is 2.50 bits per heavy atom. The number of aliphatic hydroxyl groups excluding tert-OH is 1. The molecule has 1 N–H and O–H groups in total. The van der Waals surface area contributed by atoms with Gasteiger partial charge in [-0.15, -0.1) is 0 Å². The fraction of sp³-hybridized carbons (Fsp3) is 0.778. The molecule has 148 valence electrons. The average molecular weight is 372 g/mol. The Hall–Kier alpha value is -1.48. The normalized spacial score (nSPS) is 30.1. The molecule has 2 rings (SSSR count). The summed E-state index contributed by atoms with van der Waals surface area (Å²) in [5, 5.41) is 10.5. The standard InChI is InChI=1S/C18H28O8/c1-7-22-12(20)8-10-13(11(19)9-23-16(21)17(2,3)4)24-15-14(10)25-18(5,6)26-15/h8,11,13-15,19H,7,9H2,1-6H3/b10-8-/t11-,13+,14-,15-/m1/s1. The molecule has 2 aliphatic rings. The molecule has 0 bridgehead atoms. The number of carbonyl (C=O) groups excluding carboxylic acids is 2. The molecule has 0 amide bonds. The minimum absolute atomic E-state index is 0.219. The lowest BCUT2D eigenvalue weighted by atomic mass is 9.97. The first-order valence-corrected chi connectivity index (χ1v) is 8.69. The summed E-state index contributed by atoms with van der Waals surface area (Å²) in [5.41, 5.74) is -0.287. The SMILES string of the molecule is CCOC(=O)/C=C1\[C@H]2OC(C)(C)O[C@H]2O[C@@H]1[C@H](O)COC(=O)C(C)(C)C. The van der Waals surface area contributed by atoms with Gasteiger partial charge in [-0.1, -0.05) is 0 Å². The Bertz CT molecular complexity index is 574. The van der Waals surface area contributed by atoms with Crippen molar-refractivity contribution in [2.24, 2.45) is 5.41 Å². The van der Waals surface area contributed by atoms with Gasteiger partial charge in [-0.05, 0) is 41.5 Å². The summed E-state index contributed by atoms with van der Waals surface area (Å²) in [6, 6.07) is 0. The van der Waals surface area contributed by atoms with E-state index in [9.17, 15) is 14.7 Å². The highest BCUT2D eigenvalue weighted by Crippen LogP contribution is 2.41. The maximum absolute atomic E-state index is 11.9. The van der Waals surface area contributed by atoms with Gasteiger partial charge in [0.25, 0.3) is 0 Å². The molecule has 0 aromatic carbocycles. The minimum Gasteiger partial charge on any atom is -0.463 e. The van der Waals surface area contributed by atoms with Crippen molar-refractivity contribution >= 4 is 11.9 Å². The van der Waals surface area contributed by atoms with E-state index in [2.05, 4.69) is 0 Å². The second-order valence-corrected chi connectivity index (χ2v) is 7.79. The predicted molar refractivity (Wildman–Crippen MR) is 89.8 cm³/mol. The molecule has 2 saturated heterocycles. The van der Waals surface area contributed by atoms with E-state index < -0.39 is 47.7 Å². The Morgan fingerprint density at radius 2 is 1.92 bits per heavy atom. The number of aliphatic hydroxyl groups is 1. The number of fused-ring (bicyclic) bond motifs is 1. The van der Waals surface area contributed by atoms with Gasteiger partial charge < -0.3 is 28.8 Å². The Morgan fingerprint density at radius 1 is 1.27 bits per heavy atom. The van der Waals surface area contributed by atoms with Crippen LogP contribution in [0.25, 0.3) is 0 Å². The number of rotatable bonds is 5. The van der Waals surface area contributed by atoms with Crippen molar-refractivity contribution in [1.29, 1.82) is 0 Å². The molecule has 4 atom stereocenters. The molecule has 0 unspecified atom stereocenters. The molecule has 0 aliphatic carbocycles. The smallest absolute Gasteiger partial charge is 0.330 e. The molecule has 0 aromatic heterocycles. The van der Waals surface area contributed by atoms with Gasteiger partial charge in [0.15, 0.2) is 12.1 Å². The van der Waals surface area contributed by atoms with E-state index in [1.165, 1.54) is 6.08 Å². The van der Waals surface area contributed by atoms with E-state index in [-0.39, 0.29) is 13.2 Å². The molecular weight excluding hydrogens is 344 g/mol. The first-order valence-electron chi connectivity index (χ1n) is 8.69. The largest absolute Gasteiger partial charge is 0.463 e. The number of ether oxygens (including phenoxy) is 5. The van der Waals surface area contributed by atoms with Gasteiger partial charge in [0.1, 0.15) is 24.9 Å². The van der Waals surface area contributed by atoms with Crippen molar-refractivity contribution in [3.63, 3.8) is 0 Å². The first kappa shape index (κ1) is 20.8. The van der Waals surface area contributed by atoms with Crippen LogP contribution in [0.15, 0.2) is 11.6 Å². The quantitative estimate of drug-likeness (QED) is 0.569. The maximum atomic E-state index is 11.9. The van der Waals surface area contributed by atoms with Gasteiger partial charge in [-0.25, -0.2) is 4.79 Å². The third-order valence-corrected chi connectivity index (χ3v) is 3.91. The lowest BCUT2D eigenvalue weighted by Gasteiger charge is -2.25. The Balaban J connectivity index is 2.13. The van der Waals surface area contributed by atoms with Crippen molar-refractivity contribution in [3.05, 3.63) is 11.6 Å². The van der Waals surface area contributed by atoms with Crippen molar-refractivity contribution in [2.75, 3.05) is 13.2 Å². The summed E-state index contributed by atoms with van der Waals surface area (Å²) in [6.07, 6.45) is -2.24. The van der Waals surface area contributed by atoms with Gasteiger partial charge in [0.05, 0.1) is 12.0 Å². The van der Waals surface area contributed by atoms with Crippen LogP contribution in [-0.4, -0.2) is 60.6 Å². The monoisotopic (exact) mass is 372 g/mol. The Kier molecular flexibility index (Phi) is 6.12. The van der Waals surface area contributed by atoms with E-state index in [0.29, 0.717) is 5.57 Å². The van der Waals surface area contributed by atoms with Crippen LogP contribution in [0.3, 0.4) is 0 Å². The predicted octanol–water partition coefficient (Wildman–Crippen LogP) is 1.30. The van der Waals surface area contributed by atoms with Crippen molar-refractivity contribution in [1.82, 2.24) is 0 Å². The van der Waals surface area contributed by atoms with Crippen LogP contribution in [0.1, 0.15) is 41.5 Å².